The average molecular weight is 1320 g/mol. The number of aryl methyl sites for hydroxylation is 7. The zero-order valence-electron chi connectivity index (χ0n) is 69.8. The van der Waals surface area contributed by atoms with E-state index in [1.165, 1.54) is 161 Å². The third-order valence-corrected chi connectivity index (χ3v) is 21.3. The molecule has 0 atom stereocenters. The van der Waals surface area contributed by atoms with Gasteiger partial charge < -0.3 is 0 Å². The molecule has 2 heterocycles. The topological polar surface area (TPSA) is 25.8 Å². The van der Waals surface area contributed by atoms with Gasteiger partial charge in [0.2, 0.25) is 0 Å². The van der Waals surface area contributed by atoms with Crippen LogP contribution < -0.4 is 0 Å². The van der Waals surface area contributed by atoms with E-state index in [2.05, 4.69) is 253 Å². The molecule has 2 nitrogen and oxygen atoms in total. The van der Waals surface area contributed by atoms with Crippen LogP contribution in [0.4, 0.5) is 8.78 Å². The standard InChI is InChI=1S/C14H21F.C14H22.C13H19F.C13H21N.C12H19N.5C5H12/c1-6-14(5,7-2)12-8-10(3)11(4)13(15)9-12;1-6-14(5,7-2)13-9-8-11(3)12(4)10-13;1-5-13(4,6-2)11-8-7-10(3)12(14)9-11;1-6-13(5,7-2)12-8-10(3)11(4)9-14-12;1-5-12(4,6-2)11-8-7-10(3)13-9-11;5*1-3-5-4-2/h8-9H,6-7H2,1-5H3;8-10H,6-7H2,1-5H3;7-9H,5-6H2,1-4H3;8-9H,6-7H2,1-5H3;7-9H,5-6H2,1-4H3;5*3-5H2,1-2H3. The Labute approximate surface area is 594 Å². The van der Waals surface area contributed by atoms with Gasteiger partial charge in [-0.15, -0.1) is 0 Å². The van der Waals surface area contributed by atoms with Gasteiger partial charge in [0.15, 0.2) is 0 Å². The second-order valence-corrected chi connectivity index (χ2v) is 28.6. The lowest BCUT2D eigenvalue weighted by Gasteiger charge is -2.28. The molecule has 0 saturated heterocycles. The smallest absolute Gasteiger partial charge is 0.126 e. The monoisotopic (exact) mass is 1320 g/mol. The van der Waals surface area contributed by atoms with Gasteiger partial charge in [0, 0.05) is 29.2 Å². The highest BCUT2D eigenvalue weighted by atomic mass is 19.1. The van der Waals surface area contributed by atoms with Crippen LogP contribution in [0.15, 0.2) is 79.1 Å². The minimum absolute atomic E-state index is 0.0712. The van der Waals surface area contributed by atoms with E-state index in [0.717, 1.165) is 72.0 Å². The number of pyridine rings is 2. The third kappa shape index (κ3) is 40.5. The number of rotatable bonds is 25. The quantitative estimate of drug-likeness (QED) is 0.0582. The number of benzene rings is 3. The molecular weight excluding hydrogens is 1160 g/mol. The fourth-order valence-electron chi connectivity index (χ4n) is 10.0. The highest BCUT2D eigenvalue weighted by Gasteiger charge is 2.27. The molecule has 4 heteroatoms. The van der Waals surface area contributed by atoms with E-state index in [4.69, 9.17) is 0 Å². The zero-order chi connectivity index (χ0) is 74.4. The Kier molecular flexibility index (Phi) is 60.4. The fourth-order valence-corrected chi connectivity index (χ4v) is 10.0. The maximum absolute atomic E-state index is 13.6. The van der Waals surface area contributed by atoms with Crippen LogP contribution in [-0.2, 0) is 27.1 Å². The van der Waals surface area contributed by atoms with Crippen LogP contribution in [-0.4, -0.2) is 9.97 Å². The summed E-state index contributed by atoms with van der Waals surface area (Å²) in [4.78, 5) is 8.89. The number of aromatic nitrogens is 2. The van der Waals surface area contributed by atoms with Gasteiger partial charge in [-0.1, -0.05) is 312 Å². The van der Waals surface area contributed by atoms with E-state index in [1.807, 2.05) is 45.3 Å². The van der Waals surface area contributed by atoms with Gasteiger partial charge in [-0.05, 0) is 227 Å². The van der Waals surface area contributed by atoms with E-state index < -0.39 is 0 Å². The Hall–Kier alpha value is -4.18. The molecule has 0 unspecified atom stereocenters. The van der Waals surface area contributed by atoms with E-state index in [-0.39, 0.29) is 27.9 Å². The molecule has 3 aromatic carbocycles. The van der Waals surface area contributed by atoms with Crippen molar-refractivity contribution in [2.45, 2.75) is 416 Å². The first-order valence-electron chi connectivity index (χ1n) is 39.2. The van der Waals surface area contributed by atoms with E-state index in [0.29, 0.717) is 10.8 Å². The predicted molar refractivity (Wildman–Crippen MR) is 431 cm³/mol. The summed E-state index contributed by atoms with van der Waals surface area (Å²) in [5, 5.41) is 0. The third-order valence-electron chi connectivity index (χ3n) is 21.3. The highest BCUT2D eigenvalue weighted by Crippen LogP contribution is 2.36. The molecule has 5 aromatic rings. The summed E-state index contributed by atoms with van der Waals surface area (Å²) in [5.41, 5.74) is 16.6. The van der Waals surface area contributed by atoms with Gasteiger partial charge in [0.05, 0.1) is 0 Å². The Morgan fingerprint density at radius 1 is 0.263 bits per heavy atom. The lowest BCUT2D eigenvalue weighted by atomic mass is 9.77. The van der Waals surface area contributed by atoms with Crippen LogP contribution in [0.25, 0.3) is 0 Å². The SMILES string of the molecule is CCC(C)(CC)c1cc(C)c(C)c(F)c1.CCC(C)(CC)c1cc(C)c(C)cn1.CCC(C)(CC)c1ccc(C)c(C)c1.CCC(C)(CC)c1ccc(C)c(F)c1.CCC(C)(CC)c1ccc(C)nc1.CCCCC.CCCCC.CCCCC.CCCCC.CCCCC. The van der Waals surface area contributed by atoms with Crippen LogP contribution in [0.3, 0.4) is 0 Å². The van der Waals surface area contributed by atoms with Crippen LogP contribution >= 0.6 is 0 Å². The number of unbranched alkanes of at least 4 members (excludes halogenated alkanes) is 10. The molecule has 95 heavy (non-hydrogen) atoms. The molecular formula is C91H162F2N2. The van der Waals surface area contributed by atoms with E-state index in [9.17, 15) is 8.78 Å². The van der Waals surface area contributed by atoms with Crippen LogP contribution in [0.2, 0.25) is 0 Å². The van der Waals surface area contributed by atoms with Crippen molar-refractivity contribution < 1.29 is 8.78 Å². The number of nitrogens with zero attached hydrogens (tertiary/aromatic N) is 2. The summed E-state index contributed by atoms with van der Waals surface area (Å²) in [7, 11) is 0. The number of halogens is 2. The minimum atomic E-state index is -0.0874. The minimum Gasteiger partial charge on any atom is -0.261 e. The molecule has 5 rings (SSSR count). The second kappa shape index (κ2) is 57.7. The van der Waals surface area contributed by atoms with Gasteiger partial charge in [0.1, 0.15) is 11.6 Å². The maximum atomic E-state index is 13.6. The molecule has 0 aliphatic rings. The summed E-state index contributed by atoms with van der Waals surface area (Å²) in [6.07, 6.45) is 35.7. The van der Waals surface area contributed by atoms with Crippen molar-refractivity contribution in [1.29, 1.82) is 0 Å². The molecule has 0 saturated carbocycles. The van der Waals surface area contributed by atoms with Crippen molar-refractivity contribution in [2.75, 3.05) is 0 Å². The number of hydrogen-bond acceptors (Lipinski definition) is 2. The molecule has 550 valence electrons. The molecule has 0 amide bonds. The van der Waals surface area contributed by atoms with Gasteiger partial charge in [0.25, 0.3) is 0 Å². The van der Waals surface area contributed by atoms with Gasteiger partial charge in [-0.25, -0.2) is 8.78 Å². The van der Waals surface area contributed by atoms with Crippen molar-refractivity contribution in [3.05, 3.63) is 163 Å². The van der Waals surface area contributed by atoms with Gasteiger partial charge in [-0.2, -0.15) is 0 Å². The van der Waals surface area contributed by atoms with E-state index in [1.54, 1.807) is 19.1 Å². The molecule has 0 bridgehead atoms. The van der Waals surface area contributed by atoms with Gasteiger partial charge >= 0.3 is 0 Å². The Bertz CT molecular complexity index is 2340. The van der Waals surface area contributed by atoms with E-state index >= 15 is 0 Å². The summed E-state index contributed by atoms with van der Waals surface area (Å²) in [5.74, 6) is -0.159. The predicted octanol–water partition coefficient (Wildman–Crippen LogP) is 31.3. The largest absolute Gasteiger partial charge is 0.261 e. The first-order chi connectivity index (χ1) is 44.7. The van der Waals surface area contributed by atoms with Crippen molar-refractivity contribution in [1.82, 2.24) is 9.97 Å². The Morgan fingerprint density at radius 2 is 0.558 bits per heavy atom. The van der Waals surface area contributed by atoms with Crippen molar-refractivity contribution >= 4 is 0 Å². The first kappa shape index (κ1) is 99.5. The number of hydrogen-bond donors (Lipinski definition) is 0. The summed E-state index contributed by atoms with van der Waals surface area (Å²) < 4.78 is 27.0. The highest BCUT2D eigenvalue weighted by molar-refractivity contribution is 5.36. The van der Waals surface area contributed by atoms with Gasteiger partial charge in [-0.3, -0.25) is 9.97 Å². The summed E-state index contributed by atoms with van der Waals surface area (Å²) in [6, 6.07) is 22.9. The molecule has 2 aromatic heterocycles. The summed E-state index contributed by atoms with van der Waals surface area (Å²) in [6.45, 7) is 71.9. The second-order valence-electron chi connectivity index (χ2n) is 28.6. The first-order valence-corrected chi connectivity index (χ1v) is 39.2. The lowest BCUT2D eigenvalue weighted by Crippen LogP contribution is -2.21. The van der Waals surface area contributed by atoms with Crippen LogP contribution in [0.1, 0.15) is 406 Å². The van der Waals surface area contributed by atoms with Crippen LogP contribution in [0.5, 0.6) is 0 Å². The lowest BCUT2D eigenvalue weighted by molar-refractivity contribution is 0.425. The normalized spacial score (nSPS) is 10.9. The summed E-state index contributed by atoms with van der Waals surface area (Å²) >= 11 is 0. The maximum Gasteiger partial charge on any atom is 0.126 e. The average Bonchev–Trinajstić information content (AvgIpc) is 0.913. The van der Waals surface area contributed by atoms with Crippen molar-refractivity contribution in [3.63, 3.8) is 0 Å². The molecule has 0 aliphatic heterocycles. The van der Waals surface area contributed by atoms with Crippen molar-refractivity contribution in [3.8, 4) is 0 Å². The fraction of sp³-hybridized carbons (Fsp3) is 0.692. The Balaban J connectivity index is -0.000000326. The zero-order valence-corrected chi connectivity index (χ0v) is 69.8. The molecule has 0 spiro atoms. The molecule has 0 radical (unpaired) electrons. The molecule has 0 N–H and O–H groups in total. The van der Waals surface area contributed by atoms with Crippen molar-refractivity contribution in [2.24, 2.45) is 0 Å². The molecule has 0 fully saturated rings. The molecule has 0 aliphatic carbocycles. The Morgan fingerprint density at radius 3 is 0.842 bits per heavy atom. The van der Waals surface area contributed by atoms with Crippen LogP contribution in [0, 0.1) is 67.0 Å².